The Balaban J connectivity index is 2.57. The Labute approximate surface area is 99.7 Å². The molecule has 94 valence electrons. The third-order valence-electron chi connectivity index (χ3n) is 3.07. The van der Waals surface area contributed by atoms with Crippen molar-refractivity contribution in [3.8, 4) is 0 Å². The molecule has 16 heavy (non-hydrogen) atoms. The van der Waals surface area contributed by atoms with E-state index < -0.39 is 0 Å². The monoisotopic (exact) mass is 226 g/mol. The van der Waals surface area contributed by atoms with Crippen LogP contribution in [-0.2, 0) is 4.74 Å². The van der Waals surface area contributed by atoms with Crippen LogP contribution in [0.3, 0.4) is 0 Å². The van der Waals surface area contributed by atoms with E-state index in [-0.39, 0.29) is 11.7 Å². The molecule has 3 atom stereocenters. The molecule has 1 unspecified atom stereocenters. The summed E-state index contributed by atoms with van der Waals surface area (Å²) in [4.78, 5) is 0. The number of aliphatic hydroxyl groups excluding tert-OH is 1. The molecular formula is C14H26O2. The summed E-state index contributed by atoms with van der Waals surface area (Å²) in [6, 6.07) is 0. The summed E-state index contributed by atoms with van der Waals surface area (Å²) in [5.41, 5.74) is -0.109. The lowest BCUT2D eigenvalue weighted by molar-refractivity contribution is 0.0305. The second-order valence-corrected chi connectivity index (χ2v) is 6.15. The molecule has 2 nitrogen and oxygen atoms in total. The molecule has 0 saturated carbocycles. The molecule has 0 bridgehead atoms. The van der Waals surface area contributed by atoms with E-state index in [1.807, 2.05) is 6.92 Å². The fourth-order valence-corrected chi connectivity index (χ4v) is 2.28. The van der Waals surface area contributed by atoms with Crippen LogP contribution in [0, 0.1) is 11.8 Å². The molecule has 0 fully saturated rings. The van der Waals surface area contributed by atoms with Gasteiger partial charge >= 0.3 is 0 Å². The Morgan fingerprint density at radius 2 is 2.12 bits per heavy atom. The fraction of sp³-hybridized carbons (Fsp3) is 0.857. The van der Waals surface area contributed by atoms with Crippen molar-refractivity contribution in [3.05, 3.63) is 11.8 Å². The lowest BCUT2D eigenvalue weighted by atomic mass is 9.80. The Morgan fingerprint density at radius 1 is 1.50 bits per heavy atom. The highest BCUT2D eigenvalue weighted by Crippen LogP contribution is 2.34. The quantitative estimate of drug-likeness (QED) is 0.798. The van der Waals surface area contributed by atoms with Gasteiger partial charge in [0, 0.05) is 6.42 Å². The molecular weight excluding hydrogens is 200 g/mol. The van der Waals surface area contributed by atoms with Crippen molar-refractivity contribution in [2.45, 2.75) is 65.6 Å². The predicted octanol–water partition coefficient (Wildman–Crippen LogP) is 3.50. The standard InChI is InChI=1S/C14H26O2/c1-10-6-7-13(16-14(3,4)5)9-12(10)8-11(2)15/h7,10-12,15H,6,8-9H2,1-5H3/t10?,11-,12+/m0/s1. The zero-order chi connectivity index (χ0) is 12.3. The summed E-state index contributed by atoms with van der Waals surface area (Å²) in [6.45, 7) is 10.4. The minimum absolute atomic E-state index is 0.109. The molecule has 0 aromatic rings. The molecule has 0 saturated heterocycles. The van der Waals surface area contributed by atoms with Gasteiger partial charge in [-0.15, -0.1) is 0 Å². The highest BCUT2D eigenvalue weighted by Gasteiger charge is 2.26. The Hall–Kier alpha value is -0.500. The molecule has 0 spiro atoms. The third kappa shape index (κ3) is 4.56. The molecule has 2 heteroatoms. The number of aliphatic hydroxyl groups is 1. The highest BCUT2D eigenvalue weighted by molar-refractivity contribution is 5.03. The van der Waals surface area contributed by atoms with Crippen molar-refractivity contribution in [1.82, 2.24) is 0 Å². The smallest absolute Gasteiger partial charge is 0.100 e. The summed E-state index contributed by atoms with van der Waals surface area (Å²) in [5.74, 6) is 2.32. The minimum atomic E-state index is -0.207. The summed E-state index contributed by atoms with van der Waals surface area (Å²) in [5, 5.41) is 9.48. The van der Waals surface area contributed by atoms with E-state index in [1.54, 1.807) is 0 Å². The maximum absolute atomic E-state index is 9.48. The van der Waals surface area contributed by atoms with Gasteiger partial charge in [-0.25, -0.2) is 0 Å². The van der Waals surface area contributed by atoms with E-state index in [9.17, 15) is 5.11 Å². The van der Waals surface area contributed by atoms with Gasteiger partial charge in [-0.05, 0) is 58.4 Å². The lowest BCUT2D eigenvalue weighted by Gasteiger charge is -2.33. The minimum Gasteiger partial charge on any atom is -0.493 e. The van der Waals surface area contributed by atoms with Crippen molar-refractivity contribution >= 4 is 0 Å². The second-order valence-electron chi connectivity index (χ2n) is 6.15. The summed E-state index contributed by atoms with van der Waals surface area (Å²) in [7, 11) is 0. The fourth-order valence-electron chi connectivity index (χ4n) is 2.28. The SMILES string of the molecule is CC1CC=C(OC(C)(C)C)C[C@H]1C[C@H](C)O. The highest BCUT2D eigenvalue weighted by atomic mass is 16.5. The molecule has 1 rings (SSSR count). The molecule has 1 aliphatic rings. The van der Waals surface area contributed by atoms with Gasteiger partial charge in [0.15, 0.2) is 0 Å². The van der Waals surface area contributed by atoms with Crippen LogP contribution in [0.2, 0.25) is 0 Å². The van der Waals surface area contributed by atoms with Gasteiger partial charge in [-0.2, -0.15) is 0 Å². The summed E-state index contributed by atoms with van der Waals surface area (Å²) < 4.78 is 5.92. The van der Waals surface area contributed by atoms with Gasteiger partial charge in [0.1, 0.15) is 5.60 Å². The zero-order valence-electron chi connectivity index (χ0n) is 11.3. The van der Waals surface area contributed by atoms with Crippen LogP contribution in [0.15, 0.2) is 11.8 Å². The normalized spacial score (nSPS) is 28.5. The zero-order valence-corrected chi connectivity index (χ0v) is 11.3. The molecule has 0 aromatic carbocycles. The molecule has 0 aliphatic heterocycles. The summed E-state index contributed by atoms with van der Waals surface area (Å²) >= 11 is 0. The van der Waals surface area contributed by atoms with Crippen LogP contribution < -0.4 is 0 Å². The largest absolute Gasteiger partial charge is 0.493 e. The van der Waals surface area contributed by atoms with Crippen molar-refractivity contribution in [2.24, 2.45) is 11.8 Å². The molecule has 0 amide bonds. The van der Waals surface area contributed by atoms with E-state index >= 15 is 0 Å². The molecule has 1 N–H and O–H groups in total. The Kier molecular flexibility index (Phi) is 4.43. The number of hydrogen-bond donors (Lipinski definition) is 1. The van der Waals surface area contributed by atoms with Gasteiger partial charge in [0.05, 0.1) is 11.9 Å². The Bertz CT molecular complexity index is 248. The van der Waals surface area contributed by atoms with Crippen molar-refractivity contribution < 1.29 is 9.84 Å². The van der Waals surface area contributed by atoms with Gasteiger partial charge in [-0.3, -0.25) is 0 Å². The first-order valence-corrected chi connectivity index (χ1v) is 6.34. The first-order chi connectivity index (χ1) is 7.28. The number of rotatable bonds is 3. The van der Waals surface area contributed by atoms with Gasteiger partial charge in [0.2, 0.25) is 0 Å². The number of allylic oxidation sites excluding steroid dienone is 2. The van der Waals surface area contributed by atoms with E-state index in [4.69, 9.17) is 4.74 Å². The molecule has 0 radical (unpaired) electrons. The van der Waals surface area contributed by atoms with Gasteiger partial charge < -0.3 is 9.84 Å². The Morgan fingerprint density at radius 3 is 2.62 bits per heavy atom. The molecule has 0 heterocycles. The van der Waals surface area contributed by atoms with Crippen LogP contribution >= 0.6 is 0 Å². The van der Waals surface area contributed by atoms with Crippen LogP contribution in [0.25, 0.3) is 0 Å². The van der Waals surface area contributed by atoms with E-state index in [2.05, 4.69) is 33.8 Å². The average Bonchev–Trinajstić information content (AvgIpc) is 2.07. The van der Waals surface area contributed by atoms with Gasteiger partial charge in [0.25, 0.3) is 0 Å². The maximum Gasteiger partial charge on any atom is 0.100 e. The second kappa shape index (κ2) is 5.22. The number of hydrogen-bond acceptors (Lipinski definition) is 2. The lowest BCUT2D eigenvalue weighted by Crippen LogP contribution is -2.25. The van der Waals surface area contributed by atoms with E-state index in [1.165, 1.54) is 0 Å². The van der Waals surface area contributed by atoms with Crippen LogP contribution in [0.1, 0.15) is 53.9 Å². The van der Waals surface area contributed by atoms with Crippen LogP contribution in [0.4, 0.5) is 0 Å². The topological polar surface area (TPSA) is 29.5 Å². The van der Waals surface area contributed by atoms with Crippen molar-refractivity contribution in [3.63, 3.8) is 0 Å². The summed E-state index contributed by atoms with van der Waals surface area (Å²) in [6.07, 6.45) is 4.94. The molecule has 1 aliphatic carbocycles. The van der Waals surface area contributed by atoms with E-state index in [0.717, 1.165) is 25.0 Å². The van der Waals surface area contributed by atoms with Crippen LogP contribution in [0.5, 0.6) is 0 Å². The maximum atomic E-state index is 9.48. The third-order valence-corrected chi connectivity index (χ3v) is 3.07. The van der Waals surface area contributed by atoms with Crippen molar-refractivity contribution in [2.75, 3.05) is 0 Å². The van der Waals surface area contributed by atoms with Crippen molar-refractivity contribution in [1.29, 1.82) is 0 Å². The van der Waals surface area contributed by atoms with E-state index in [0.29, 0.717) is 11.8 Å². The first-order valence-electron chi connectivity index (χ1n) is 6.34. The number of ether oxygens (including phenoxy) is 1. The molecule has 0 aromatic heterocycles. The predicted molar refractivity (Wildman–Crippen MR) is 67.1 cm³/mol. The first kappa shape index (κ1) is 13.6. The van der Waals surface area contributed by atoms with Gasteiger partial charge in [-0.1, -0.05) is 6.92 Å². The average molecular weight is 226 g/mol. The van der Waals surface area contributed by atoms with Crippen LogP contribution in [-0.4, -0.2) is 16.8 Å².